The van der Waals surface area contributed by atoms with Crippen LogP contribution in [0.2, 0.25) is 0 Å². The third-order valence-corrected chi connectivity index (χ3v) is 0. The highest BCUT2D eigenvalue weighted by molar-refractivity contribution is 8.09. The summed E-state index contributed by atoms with van der Waals surface area (Å²) in [4.78, 5) is 9.00. The van der Waals surface area contributed by atoms with E-state index in [0.29, 0.717) is 0 Å². The van der Waals surface area contributed by atoms with Crippen LogP contribution in [0.5, 0.6) is 0 Å². The Balaban J connectivity index is 0. The molecule has 0 aliphatic rings. The van der Waals surface area contributed by atoms with E-state index >= 15 is 0 Å². The number of rotatable bonds is 0. The lowest BCUT2D eigenvalue weighted by Gasteiger charge is -1.65. The number of hydrogen-bond acceptors (Lipinski definition) is 3. The van der Waals surface area contributed by atoms with E-state index in [-0.39, 0.29) is 0 Å². The van der Waals surface area contributed by atoms with Gasteiger partial charge in [0.1, 0.15) is 0 Å². The molecule has 0 heterocycles. The van der Waals surface area contributed by atoms with Crippen LogP contribution in [-0.2, 0) is 9.33 Å². The van der Waals surface area contributed by atoms with Crippen LogP contribution >= 0.6 is 10.7 Å². The normalized spacial score (nSPS) is 9.11. The minimum atomic E-state index is -4.19. The number of nitrogens with two attached hydrogens (primary N) is 2. The maximum absolute atomic E-state index is 9.00. The molecule has 0 saturated heterocycles. The molecule has 0 unspecified atom stereocenters. The van der Waals surface area contributed by atoms with Gasteiger partial charge in [-0.15, -0.1) is 0 Å². The molecule has 0 rings (SSSR count). The molecule has 0 radical (unpaired) electrons. The predicted molar refractivity (Wildman–Crippen MR) is 31.2 cm³/mol. The number of halogens is 1. The van der Waals surface area contributed by atoms with Gasteiger partial charge < -0.3 is 11.5 Å². The Morgan fingerprint density at radius 3 is 1.44 bits per heavy atom. The summed E-state index contributed by atoms with van der Waals surface area (Å²) in [6.07, 6.45) is 0. The lowest BCUT2D eigenvalue weighted by atomic mass is 11.2. The Bertz CT molecular complexity index is 161. The van der Waals surface area contributed by atoms with Gasteiger partial charge in [0, 0.05) is 10.7 Å². The molecule has 0 aromatic rings. The van der Waals surface area contributed by atoms with Crippen LogP contribution in [0.1, 0.15) is 0 Å². The highest BCUT2D eigenvalue weighted by atomic mass is 35.7. The number of hydrogen-bond donors (Lipinski definition) is 3. The summed E-state index contributed by atoms with van der Waals surface area (Å²) >= 11 is 0. The molecule has 56 valence electrons. The van der Waals surface area contributed by atoms with Crippen molar-refractivity contribution in [2.75, 3.05) is 0 Å². The molecular weight excluding hydrogens is 172 g/mol. The molecule has 0 aromatic heterocycles. The Kier molecular flexibility index (Phi) is 5.47. The fourth-order valence-electron chi connectivity index (χ4n) is 0. The smallest absolute Gasteiger partial charge is 0.352 e. The second-order valence-electron chi connectivity index (χ2n) is 0.814. The van der Waals surface area contributed by atoms with Crippen molar-refractivity contribution in [2.24, 2.45) is 11.5 Å². The van der Waals surface area contributed by atoms with Gasteiger partial charge in [0.15, 0.2) is 0 Å². The lowest BCUT2D eigenvalue weighted by molar-refractivity contribution is 0.256. The second kappa shape index (κ2) is 4.36. The van der Waals surface area contributed by atoms with E-state index in [4.69, 9.17) is 17.8 Å². The summed E-state index contributed by atoms with van der Waals surface area (Å²) in [5.74, 6) is 0. The first kappa shape index (κ1) is 11.3. The Morgan fingerprint density at radius 2 is 1.44 bits per heavy atom. The largest absolute Gasteiger partial charge is 0.353 e. The van der Waals surface area contributed by atoms with Gasteiger partial charge in [0.2, 0.25) is 0 Å². The Morgan fingerprint density at radius 1 is 1.44 bits per heavy atom. The Hall–Kier alpha value is -0.530. The van der Waals surface area contributed by atoms with E-state index < -0.39 is 15.4 Å². The summed E-state index contributed by atoms with van der Waals surface area (Å²) in [5, 5.41) is 0. The van der Waals surface area contributed by atoms with Gasteiger partial charge in [-0.25, -0.2) is 4.79 Å². The van der Waals surface area contributed by atoms with Gasteiger partial charge >= 0.3 is 15.4 Å². The summed E-state index contributed by atoms with van der Waals surface area (Å²) in [5.41, 5.74) is 8.50. The number of carbonyl (C=O) groups excluding carboxylic acids is 1. The van der Waals surface area contributed by atoms with Crippen molar-refractivity contribution in [2.45, 2.75) is 0 Å². The van der Waals surface area contributed by atoms with Crippen LogP contribution in [-0.4, -0.2) is 19.0 Å². The molecule has 5 N–H and O–H groups in total. The van der Waals surface area contributed by atoms with Crippen LogP contribution in [0.4, 0.5) is 4.79 Å². The average Bonchev–Trinajstić information content (AvgIpc) is 1.19. The monoisotopic (exact) mass is 176 g/mol. The van der Waals surface area contributed by atoms with E-state index in [1.54, 1.807) is 0 Å². The minimum absolute atomic E-state index is 0.833. The van der Waals surface area contributed by atoms with Crippen molar-refractivity contribution in [1.82, 2.24) is 0 Å². The first-order valence-corrected chi connectivity index (χ1v) is 3.72. The molecular formula is CH5ClN2O4S. The third kappa shape index (κ3) is 796. The molecule has 0 atom stereocenters. The van der Waals surface area contributed by atoms with Crippen molar-refractivity contribution < 1.29 is 17.8 Å². The topological polar surface area (TPSA) is 123 Å². The fraction of sp³-hybridized carbons (Fsp3) is 0. The van der Waals surface area contributed by atoms with Crippen molar-refractivity contribution in [1.29, 1.82) is 0 Å². The van der Waals surface area contributed by atoms with Crippen LogP contribution in [0, 0.1) is 0 Å². The molecule has 0 aliphatic heterocycles. The summed E-state index contributed by atoms with van der Waals surface area (Å²) < 4.78 is 25.2. The van der Waals surface area contributed by atoms with E-state index in [0.717, 1.165) is 0 Å². The Labute approximate surface area is 56.0 Å². The molecule has 8 heteroatoms. The molecule has 0 bridgehead atoms. The van der Waals surface area contributed by atoms with E-state index in [1.807, 2.05) is 0 Å². The lowest BCUT2D eigenvalue weighted by Crippen LogP contribution is -2.18. The number of primary amides is 2. The SMILES string of the molecule is NC(N)=O.O=S(=O)(O)Cl. The molecule has 0 saturated carbocycles. The first-order chi connectivity index (χ1) is 3.73. The zero-order chi connectivity index (χ0) is 8.08. The molecule has 0 aliphatic carbocycles. The number of urea groups is 1. The standard InChI is InChI=1S/CH4N2O.ClHO3S/c2-1(3)4;1-5(2,3)4/h(H4,2,3,4);(H,2,3,4). The second-order valence-corrected chi connectivity index (χ2v) is 2.81. The van der Waals surface area contributed by atoms with E-state index in [1.165, 1.54) is 0 Å². The van der Waals surface area contributed by atoms with Crippen LogP contribution in [0.3, 0.4) is 0 Å². The van der Waals surface area contributed by atoms with Crippen LogP contribution < -0.4 is 11.5 Å². The number of carbonyl (C=O) groups is 1. The zero-order valence-electron chi connectivity index (χ0n) is 4.11. The molecule has 0 aromatic carbocycles. The maximum atomic E-state index is 9.00. The summed E-state index contributed by atoms with van der Waals surface area (Å²) in [6, 6.07) is -0.833. The number of amides is 2. The van der Waals surface area contributed by atoms with Gasteiger partial charge in [-0.2, -0.15) is 8.42 Å². The molecule has 0 spiro atoms. The minimum Gasteiger partial charge on any atom is -0.352 e. The van der Waals surface area contributed by atoms with Crippen molar-refractivity contribution in [3.05, 3.63) is 0 Å². The molecule has 9 heavy (non-hydrogen) atoms. The van der Waals surface area contributed by atoms with Crippen molar-refractivity contribution >= 4 is 26.0 Å². The maximum Gasteiger partial charge on any atom is 0.353 e. The van der Waals surface area contributed by atoms with Gasteiger partial charge in [-0.3, -0.25) is 4.55 Å². The van der Waals surface area contributed by atoms with Gasteiger partial charge in [0.05, 0.1) is 0 Å². The van der Waals surface area contributed by atoms with Crippen molar-refractivity contribution in [3.63, 3.8) is 0 Å². The molecule has 2 amide bonds. The van der Waals surface area contributed by atoms with E-state index in [9.17, 15) is 0 Å². The highest BCUT2D eigenvalue weighted by Gasteiger charge is 1.86. The summed E-state index contributed by atoms with van der Waals surface area (Å²) in [6.45, 7) is 0. The predicted octanol–water partition coefficient (Wildman–Crippen LogP) is -0.948. The summed E-state index contributed by atoms with van der Waals surface area (Å²) in [7, 11) is -0.137. The average molecular weight is 177 g/mol. The highest BCUT2D eigenvalue weighted by Crippen LogP contribution is 1.82. The van der Waals surface area contributed by atoms with Gasteiger partial charge in [-0.1, -0.05) is 0 Å². The van der Waals surface area contributed by atoms with Gasteiger partial charge in [-0.05, 0) is 0 Å². The first-order valence-electron chi connectivity index (χ1n) is 1.45. The quantitative estimate of drug-likeness (QED) is 0.325. The fourth-order valence-corrected chi connectivity index (χ4v) is 0. The third-order valence-electron chi connectivity index (χ3n) is 0. The van der Waals surface area contributed by atoms with Crippen LogP contribution in [0.15, 0.2) is 0 Å². The zero-order valence-corrected chi connectivity index (χ0v) is 5.69. The van der Waals surface area contributed by atoms with Gasteiger partial charge in [0.25, 0.3) is 0 Å². The van der Waals surface area contributed by atoms with E-state index in [2.05, 4.69) is 22.1 Å². The van der Waals surface area contributed by atoms with Crippen LogP contribution in [0.25, 0.3) is 0 Å². The van der Waals surface area contributed by atoms with Crippen molar-refractivity contribution in [3.8, 4) is 0 Å². The molecule has 6 nitrogen and oxygen atoms in total. The molecule has 0 fully saturated rings.